The molecule has 0 spiro atoms. The molecule has 4 bridgehead atoms. The summed E-state index contributed by atoms with van der Waals surface area (Å²) >= 11 is 0. The van der Waals surface area contributed by atoms with E-state index in [9.17, 15) is 23.1 Å². The maximum Gasteiger partial charge on any atom is 0.405 e. The zero-order chi connectivity index (χ0) is 13.9. The van der Waals surface area contributed by atoms with E-state index in [-0.39, 0.29) is 0 Å². The number of halogens is 3. The lowest BCUT2D eigenvalue weighted by atomic mass is 9.47. The molecule has 2 unspecified atom stereocenters. The summed E-state index contributed by atoms with van der Waals surface area (Å²) in [4.78, 5) is 12.2. The zero-order valence-corrected chi connectivity index (χ0v) is 10.6. The van der Waals surface area contributed by atoms with Crippen LogP contribution in [0.15, 0.2) is 0 Å². The van der Waals surface area contributed by atoms with Crippen LogP contribution < -0.4 is 5.32 Å². The molecule has 0 saturated heterocycles. The zero-order valence-electron chi connectivity index (χ0n) is 10.6. The minimum Gasteiger partial charge on any atom is -0.390 e. The van der Waals surface area contributed by atoms with Gasteiger partial charge in [-0.05, 0) is 50.4 Å². The third kappa shape index (κ3) is 2.35. The van der Waals surface area contributed by atoms with Crippen LogP contribution >= 0.6 is 0 Å². The lowest BCUT2D eigenvalue weighted by molar-refractivity contribution is -0.181. The molecule has 6 heteroatoms. The summed E-state index contributed by atoms with van der Waals surface area (Å²) in [6.45, 7) is -1.28. The highest BCUT2D eigenvalue weighted by Crippen LogP contribution is 2.61. The number of alkyl halides is 3. The lowest BCUT2D eigenvalue weighted by Crippen LogP contribution is -2.60. The van der Waals surface area contributed by atoms with Gasteiger partial charge in [-0.1, -0.05) is 0 Å². The van der Waals surface area contributed by atoms with E-state index in [2.05, 4.69) is 0 Å². The predicted molar refractivity (Wildman–Crippen MR) is 61.1 cm³/mol. The third-order valence-electron chi connectivity index (χ3n) is 4.96. The standard InChI is InChI=1S/C13H18F3NO2/c14-13(15,16)7-17-10(18)11-2-8-1-9(3-11)5-12(19,4-8)6-11/h8-9,19H,1-7H2,(H,17,18)/t8-,9+,11?,12?. The van der Waals surface area contributed by atoms with Gasteiger partial charge in [0.05, 0.1) is 11.0 Å². The van der Waals surface area contributed by atoms with Gasteiger partial charge in [-0.3, -0.25) is 4.79 Å². The monoisotopic (exact) mass is 277 g/mol. The van der Waals surface area contributed by atoms with Crippen LogP contribution in [0, 0.1) is 17.3 Å². The number of hydrogen-bond donors (Lipinski definition) is 2. The number of rotatable bonds is 2. The van der Waals surface area contributed by atoms with E-state index >= 15 is 0 Å². The molecule has 0 aromatic rings. The number of carbonyl (C=O) groups is 1. The SMILES string of the molecule is O=C(NCC(F)(F)F)C12C[C@@H]3C[C@@H](CC(O)(C3)C1)C2. The van der Waals surface area contributed by atoms with E-state index in [1.165, 1.54) is 0 Å². The molecule has 1 amide bonds. The quantitative estimate of drug-likeness (QED) is 0.811. The van der Waals surface area contributed by atoms with Crippen LogP contribution in [0.1, 0.15) is 38.5 Å². The fraction of sp³-hybridized carbons (Fsp3) is 0.923. The van der Waals surface area contributed by atoms with Crippen LogP contribution in [-0.2, 0) is 4.79 Å². The number of aliphatic hydroxyl groups is 1. The molecule has 3 nitrogen and oxygen atoms in total. The summed E-state index contributed by atoms with van der Waals surface area (Å²) in [7, 11) is 0. The van der Waals surface area contributed by atoms with Crippen LogP contribution in [0.3, 0.4) is 0 Å². The molecule has 4 atom stereocenters. The van der Waals surface area contributed by atoms with Crippen molar-refractivity contribution in [3.8, 4) is 0 Å². The van der Waals surface area contributed by atoms with Crippen molar-refractivity contribution < 1.29 is 23.1 Å². The van der Waals surface area contributed by atoms with Crippen LogP contribution in [0.2, 0.25) is 0 Å². The third-order valence-corrected chi connectivity index (χ3v) is 4.96. The van der Waals surface area contributed by atoms with E-state index in [4.69, 9.17) is 0 Å². The fourth-order valence-electron chi connectivity index (χ4n) is 4.85. The maximum absolute atomic E-state index is 12.2. The van der Waals surface area contributed by atoms with Crippen LogP contribution in [0.25, 0.3) is 0 Å². The lowest BCUT2D eigenvalue weighted by Gasteiger charge is -2.59. The highest BCUT2D eigenvalue weighted by Gasteiger charge is 2.60. The molecule has 108 valence electrons. The maximum atomic E-state index is 12.2. The topological polar surface area (TPSA) is 49.3 Å². The van der Waals surface area contributed by atoms with E-state index in [0.717, 1.165) is 6.42 Å². The molecule has 4 fully saturated rings. The molecular weight excluding hydrogens is 259 g/mol. The first-order valence-corrected chi connectivity index (χ1v) is 6.77. The second kappa shape index (κ2) is 3.87. The van der Waals surface area contributed by atoms with Gasteiger partial charge in [-0.15, -0.1) is 0 Å². The van der Waals surface area contributed by atoms with Crippen molar-refractivity contribution >= 4 is 5.91 Å². The molecular formula is C13H18F3NO2. The molecule has 2 N–H and O–H groups in total. The van der Waals surface area contributed by atoms with Crippen LogP contribution in [-0.4, -0.2) is 29.3 Å². The Morgan fingerprint density at radius 3 is 2.26 bits per heavy atom. The average Bonchev–Trinajstić information content (AvgIpc) is 2.21. The van der Waals surface area contributed by atoms with Gasteiger partial charge in [0, 0.05) is 0 Å². The Labute approximate surface area is 109 Å². The molecule has 4 saturated carbocycles. The Balaban J connectivity index is 1.74. The summed E-state index contributed by atoms with van der Waals surface area (Å²) < 4.78 is 36.6. The highest BCUT2D eigenvalue weighted by molar-refractivity contribution is 5.83. The first-order valence-electron chi connectivity index (χ1n) is 6.77. The smallest absolute Gasteiger partial charge is 0.390 e. The Hall–Kier alpha value is -0.780. The summed E-state index contributed by atoms with van der Waals surface area (Å²) in [5.74, 6) is 0.0723. The molecule has 0 aromatic carbocycles. The summed E-state index contributed by atoms with van der Waals surface area (Å²) in [6.07, 6.45) is -0.358. The minimum absolute atomic E-state index is 0.294. The van der Waals surface area contributed by atoms with Crippen LogP contribution in [0.5, 0.6) is 0 Å². The van der Waals surface area contributed by atoms with Crippen molar-refractivity contribution in [3.63, 3.8) is 0 Å². The van der Waals surface area contributed by atoms with Crippen molar-refractivity contribution in [1.29, 1.82) is 0 Å². The van der Waals surface area contributed by atoms with Gasteiger partial charge in [0.2, 0.25) is 5.91 Å². The molecule has 0 aromatic heterocycles. The van der Waals surface area contributed by atoms with Crippen molar-refractivity contribution in [2.75, 3.05) is 6.54 Å². The molecule has 4 aliphatic rings. The molecule has 4 rings (SSSR count). The first kappa shape index (κ1) is 13.2. The highest BCUT2D eigenvalue weighted by atomic mass is 19.4. The predicted octanol–water partition coefficient (Wildman–Crippen LogP) is 2.00. The molecule has 0 radical (unpaired) electrons. The van der Waals surface area contributed by atoms with Crippen molar-refractivity contribution in [2.45, 2.75) is 50.3 Å². The number of carbonyl (C=O) groups excluding carboxylic acids is 1. The average molecular weight is 277 g/mol. The number of nitrogens with one attached hydrogen (secondary N) is 1. The minimum atomic E-state index is -4.38. The van der Waals surface area contributed by atoms with Crippen molar-refractivity contribution in [3.05, 3.63) is 0 Å². The Morgan fingerprint density at radius 1 is 1.21 bits per heavy atom. The molecule has 0 heterocycles. The second-order valence-electron chi connectivity index (χ2n) is 6.76. The summed E-state index contributed by atoms with van der Waals surface area (Å²) in [6, 6.07) is 0. The molecule has 0 aliphatic heterocycles. The van der Waals surface area contributed by atoms with Crippen LogP contribution in [0.4, 0.5) is 13.2 Å². The Bertz CT molecular complexity index is 393. The van der Waals surface area contributed by atoms with E-state index in [0.29, 0.717) is 43.9 Å². The van der Waals surface area contributed by atoms with Gasteiger partial charge in [0.1, 0.15) is 6.54 Å². The van der Waals surface area contributed by atoms with Crippen molar-refractivity contribution in [1.82, 2.24) is 5.32 Å². The molecule has 19 heavy (non-hydrogen) atoms. The second-order valence-corrected chi connectivity index (χ2v) is 6.76. The van der Waals surface area contributed by atoms with E-state index < -0.39 is 29.6 Å². The van der Waals surface area contributed by atoms with Gasteiger partial charge in [0.15, 0.2) is 0 Å². The van der Waals surface area contributed by atoms with Gasteiger partial charge in [-0.2, -0.15) is 13.2 Å². The fourth-order valence-corrected chi connectivity index (χ4v) is 4.85. The van der Waals surface area contributed by atoms with Crippen molar-refractivity contribution in [2.24, 2.45) is 17.3 Å². The number of hydrogen-bond acceptors (Lipinski definition) is 2. The Kier molecular flexibility index (Phi) is 2.69. The Morgan fingerprint density at radius 2 is 1.79 bits per heavy atom. The first-order chi connectivity index (χ1) is 8.70. The van der Waals surface area contributed by atoms with E-state index in [1.54, 1.807) is 0 Å². The summed E-state index contributed by atoms with van der Waals surface area (Å²) in [5, 5.41) is 12.5. The number of amides is 1. The van der Waals surface area contributed by atoms with E-state index in [1.807, 2.05) is 5.32 Å². The van der Waals surface area contributed by atoms with Gasteiger partial charge >= 0.3 is 6.18 Å². The largest absolute Gasteiger partial charge is 0.405 e. The normalized spacial score (nSPS) is 44.4. The van der Waals surface area contributed by atoms with Gasteiger partial charge in [0.25, 0.3) is 0 Å². The molecule has 4 aliphatic carbocycles. The summed E-state index contributed by atoms with van der Waals surface area (Å²) in [5.41, 5.74) is -1.58. The van der Waals surface area contributed by atoms with Gasteiger partial charge < -0.3 is 10.4 Å². The van der Waals surface area contributed by atoms with Gasteiger partial charge in [-0.25, -0.2) is 0 Å².